The highest BCUT2D eigenvalue weighted by atomic mass is 35.5. The fourth-order valence-electron chi connectivity index (χ4n) is 1.76. The molecule has 1 heterocycles. The first-order valence-electron chi connectivity index (χ1n) is 6.12. The zero-order valence-corrected chi connectivity index (χ0v) is 12.1. The number of carbonyl (C=O) groups is 1. The van der Waals surface area contributed by atoms with Crippen LogP contribution in [-0.4, -0.2) is 35.9 Å². The van der Waals surface area contributed by atoms with Gasteiger partial charge in [-0.25, -0.2) is 4.98 Å². The zero-order chi connectivity index (χ0) is 13.7. The molecule has 0 aliphatic heterocycles. The second kappa shape index (κ2) is 6.59. The van der Waals surface area contributed by atoms with Crippen molar-refractivity contribution in [2.24, 2.45) is 0 Å². The third-order valence-electron chi connectivity index (χ3n) is 2.99. The predicted octanol–water partition coefficient (Wildman–Crippen LogP) is 3.04. The molecule has 1 aromatic heterocycles. The highest BCUT2D eigenvalue weighted by Gasteiger charge is 2.18. The summed E-state index contributed by atoms with van der Waals surface area (Å²) >= 11 is 5.90. The minimum Gasteiger partial charge on any atom is -0.373 e. The van der Waals surface area contributed by atoms with Crippen molar-refractivity contribution < 1.29 is 4.79 Å². The van der Waals surface area contributed by atoms with E-state index < -0.39 is 0 Å². The molecule has 0 fully saturated rings. The lowest BCUT2D eigenvalue weighted by Crippen LogP contribution is -2.35. The van der Waals surface area contributed by atoms with Gasteiger partial charge in [0.25, 0.3) is 5.91 Å². The van der Waals surface area contributed by atoms with Crippen molar-refractivity contribution in [2.75, 3.05) is 19.4 Å². The molecule has 1 unspecified atom stereocenters. The highest BCUT2D eigenvalue weighted by Crippen LogP contribution is 2.17. The average molecular weight is 270 g/mol. The number of hydrogen-bond donors (Lipinski definition) is 1. The summed E-state index contributed by atoms with van der Waals surface area (Å²) in [6, 6.07) is 3.52. The minimum absolute atomic E-state index is 0.0308. The molecule has 0 aromatic carbocycles. The first kappa shape index (κ1) is 14.8. The molecule has 0 spiro atoms. The zero-order valence-electron chi connectivity index (χ0n) is 11.3. The van der Waals surface area contributed by atoms with Crippen molar-refractivity contribution in [2.45, 2.75) is 32.7 Å². The van der Waals surface area contributed by atoms with Crippen LogP contribution in [0.2, 0.25) is 5.15 Å². The van der Waals surface area contributed by atoms with Gasteiger partial charge in [0.1, 0.15) is 11.0 Å². The van der Waals surface area contributed by atoms with Gasteiger partial charge >= 0.3 is 0 Å². The van der Waals surface area contributed by atoms with Gasteiger partial charge in [-0.05, 0) is 25.5 Å². The lowest BCUT2D eigenvalue weighted by Gasteiger charge is -2.24. The Labute approximate surface area is 113 Å². The number of nitrogens with zero attached hydrogens (tertiary/aromatic N) is 2. The topological polar surface area (TPSA) is 45.2 Å². The van der Waals surface area contributed by atoms with Gasteiger partial charge in [0, 0.05) is 25.7 Å². The van der Waals surface area contributed by atoms with Crippen LogP contribution in [-0.2, 0) is 0 Å². The Balaban J connectivity index is 2.92. The Bertz CT molecular complexity index is 423. The summed E-state index contributed by atoms with van der Waals surface area (Å²) in [5.41, 5.74) is 0.560. The molecule has 100 valence electrons. The summed E-state index contributed by atoms with van der Waals surface area (Å²) in [7, 11) is 3.56. The average Bonchev–Trinajstić information content (AvgIpc) is 2.36. The molecule has 0 aliphatic carbocycles. The van der Waals surface area contributed by atoms with E-state index >= 15 is 0 Å². The molecular weight excluding hydrogens is 250 g/mol. The molecule has 0 saturated carbocycles. The molecule has 5 heteroatoms. The van der Waals surface area contributed by atoms with E-state index in [0.717, 1.165) is 12.8 Å². The Hall–Kier alpha value is -1.29. The van der Waals surface area contributed by atoms with Crippen molar-refractivity contribution in [1.82, 2.24) is 9.88 Å². The summed E-state index contributed by atoms with van der Waals surface area (Å²) in [5.74, 6) is 0.569. The molecule has 1 amide bonds. The van der Waals surface area contributed by atoms with Crippen LogP contribution in [0.15, 0.2) is 12.1 Å². The molecule has 0 saturated heterocycles. The normalized spacial score (nSPS) is 12.1. The van der Waals surface area contributed by atoms with E-state index in [0.29, 0.717) is 16.5 Å². The van der Waals surface area contributed by atoms with Crippen LogP contribution < -0.4 is 5.32 Å². The fraction of sp³-hybridized carbons (Fsp3) is 0.538. The lowest BCUT2D eigenvalue weighted by atomic mass is 10.1. The quantitative estimate of drug-likeness (QED) is 0.836. The van der Waals surface area contributed by atoms with Gasteiger partial charge in [0.2, 0.25) is 0 Å². The summed E-state index contributed by atoms with van der Waals surface area (Å²) in [6.45, 7) is 4.15. The number of pyridine rings is 1. The predicted molar refractivity (Wildman–Crippen MR) is 75.3 cm³/mol. The Kier molecular flexibility index (Phi) is 5.41. The smallest absolute Gasteiger partial charge is 0.254 e. The van der Waals surface area contributed by atoms with Crippen LogP contribution in [0, 0.1) is 0 Å². The molecule has 1 rings (SSSR count). The summed E-state index contributed by atoms with van der Waals surface area (Å²) in [5, 5.41) is 3.21. The van der Waals surface area contributed by atoms with Crippen LogP contribution in [0.4, 0.5) is 5.82 Å². The number of carbonyl (C=O) groups excluding carboxylic acids is 1. The molecule has 1 aromatic rings. The van der Waals surface area contributed by atoms with Crippen LogP contribution in [0.3, 0.4) is 0 Å². The Morgan fingerprint density at radius 2 is 2.22 bits per heavy atom. The standard InChI is InChI=1S/C13H20ClN3O/c1-5-6-9(2)17(4)13(18)10-7-11(14)16-12(8-10)15-3/h7-9H,5-6H2,1-4H3,(H,15,16). The van der Waals surface area contributed by atoms with Gasteiger partial charge in [-0.2, -0.15) is 0 Å². The molecular formula is C13H20ClN3O. The molecule has 0 bridgehead atoms. The van der Waals surface area contributed by atoms with Gasteiger partial charge in [0.15, 0.2) is 0 Å². The maximum atomic E-state index is 12.3. The van der Waals surface area contributed by atoms with Gasteiger partial charge in [0.05, 0.1) is 0 Å². The fourth-order valence-corrected chi connectivity index (χ4v) is 1.97. The van der Waals surface area contributed by atoms with Gasteiger partial charge in [-0.15, -0.1) is 0 Å². The van der Waals surface area contributed by atoms with E-state index in [1.165, 1.54) is 0 Å². The van der Waals surface area contributed by atoms with Crippen molar-refractivity contribution in [1.29, 1.82) is 0 Å². The molecule has 0 radical (unpaired) electrons. The van der Waals surface area contributed by atoms with E-state index in [4.69, 9.17) is 11.6 Å². The van der Waals surface area contributed by atoms with Crippen molar-refractivity contribution in [3.8, 4) is 0 Å². The Morgan fingerprint density at radius 1 is 1.56 bits per heavy atom. The molecule has 18 heavy (non-hydrogen) atoms. The van der Waals surface area contributed by atoms with Gasteiger partial charge < -0.3 is 10.2 Å². The number of amides is 1. The Morgan fingerprint density at radius 3 is 2.78 bits per heavy atom. The third kappa shape index (κ3) is 3.60. The number of anilines is 1. The van der Waals surface area contributed by atoms with Crippen LogP contribution in [0.25, 0.3) is 0 Å². The minimum atomic E-state index is -0.0308. The summed E-state index contributed by atoms with van der Waals surface area (Å²) < 4.78 is 0. The number of nitrogens with one attached hydrogen (secondary N) is 1. The number of aromatic nitrogens is 1. The van der Waals surface area contributed by atoms with Crippen molar-refractivity contribution >= 4 is 23.3 Å². The summed E-state index contributed by atoms with van der Waals surface area (Å²) in [4.78, 5) is 18.1. The number of halogens is 1. The maximum absolute atomic E-state index is 12.3. The summed E-state index contributed by atoms with van der Waals surface area (Å²) in [6.07, 6.45) is 2.04. The van der Waals surface area contributed by atoms with Crippen LogP contribution >= 0.6 is 11.6 Å². The molecule has 1 N–H and O–H groups in total. The maximum Gasteiger partial charge on any atom is 0.254 e. The van der Waals surface area contributed by atoms with E-state index in [2.05, 4.69) is 17.2 Å². The monoisotopic (exact) mass is 269 g/mol. The first-order valence-corrected chi connectivity index (χ1v) is 6.49. The van der Waals surface area contributed by atoms with E-state index in [9.17, 15) is 4.79 Å². The SMILES string of the molecule is CCCC(C)N(C)C(=O)c1cc(Cl)nc(NC)c1. The third-order valence-corrected chi connectivity index (χ3v) is 3.18. The number of hydrogen-bond acceptors (Lipinski definition) is 3. The lowest BCUT2D eigenvalue weighted by molar-refractivity contribution is 0.0736. The molecule has 0 aliphatic rings. The van der Waals surface area contributed by atoms with Gasteiger partial charge in [-0.3, -0.25) is 4.79 Å². The highest BCUT2D eigenvalue weighted by molar-refractivity contribution is 6.29. The van der Waals surface area contributed by atoms with E-state index in [1.54, 1.807) is 24.1 Å². The number of rotatable bonds is 5. The van der Waals surface area contributed by atoms with Crippen LogP contribution in [0.5, 0.6) is 0 Å². The van der Waals surface area contributed by atoms with Crippen molar-refractivity contribution in [3.05, 3.63) is 22.8 Å². The second-order valence-corrected chi connectivity index (χ2v) is 4.75. The van der Waals surface area contributed by atoms with Crippen molar-refractivity contribution in [3.63, 3.8) is 0 Å². The van der Waals surface area contributed by atoms with E-state index in [1.807, 2.05) is 14.0 Å². The van der Waals surface area contributed by atoms with E-state index in [-0.39, 0.29) is 11.9 Å². The molecule has 1 atom stereocenters. The van der Waals surface area contributed by atoms with Crippen LogP contribution in [0.1, 0.15) is 37.0 Å². The largest absolute Gasteiger partial charge is 0.373 e. The molecule has 4 nitrogen and oxygen atoms in total. The first-order chi connectivity index (χ1) is 8.49. The van der Waals surface area contributed by atoms with Gasteiger partial charge in [-0.1, -0.05) is 24.9 Å². The second-order valence-electron chi connectivity index (χ2n) is 4.37.